The Morgan fingerprint density at radius 3 is 2.25 bits per heavy atom. The minimum atomic E-state index is -1.78. The lowest BCUT2D eigenvalue weighted by Gasteiger charge is -2.36. The molecule has 0 saturated carbocycles. The molecule has 0 aliphatic carbocycles. The third-order valence-corrected chi connectivity index (χ3v) is 9.37. The van der Waals surface area contributed by atoms with Crippen LogP contribution in [0.3, 0.4) is 0 Å². The van der Waals surface area contributed by atoms with Gasteiger partial charge in [0.2, 0.25) is 8.32 Å². The van der Waals surface area contributed by atoms with Crippen LogP contribution in [0.5, 0.6) is 5.75 Å². The van der Waals surface area contributed by atoms with Crippen LogP contribution in [0.4, 0.5) is 0 Å². The molecule has 0 saturated heterocycles. The van der Waals surface area contributed by atoms with E-state index >= 15 is 0 Å². The number of aryl methyl sites for hydroxylation is 1. The van der Waals surface area contributed by atoms with Gasteiger partial charge in [-0.15, -0.1) is 0 Å². The Morgan fingerprint density at radius 2 is 1.71 bits per heavy atom. The molecule has 4 heteroatoms. The first kappa shape index (κ1) is 18.9. The van der Waals surface area contributed by atoms with E-state index in [0.29, 0.717) is 0 Å². The Balaban J connectivity index is 2.11. The molecule has 0 fully saturated rings. The highest BCUT2D eigenvalue weighted by Crippen LogP contribution is 2.37. The summed E-state index contributed by atoms with van der Waals surface area (Å²) in [5.74, 6) is 0.955. The smallest absolute Gasteiger partial charge is 0.250 e. The van der Waals surface area contributed by atoms with Crippen molar-refractivity contribution >= 4 is 36.4 Å². The summed E-state index contributed by atoms with van der Waals surface area (Å²) >= 11 is 3.44. The first-order valence-electron chi connectivity index (χ1n) is 8.18. The van der Waals surface area contributed by atoms with Gasteiger partial charge in [0.15, 0.2) is 0 Å². The molecule has 0 spiro atoms. The van der Waals surface area contributed by atoms with E-state index in [1.165, 1.54) is 0 Å². The standard InChI is InChI=1S/C20H26BrNOSi/c1-15-13-17(21)14-22-19(15)12-9-16-7-10-18(11-8-16)23-24(5,6)20(2,3)4/h7-14H,1-6H3/b12-9+. The highest BCUT2D eigenvalue weighted by atomic mass is 79.9. The van der Waals surface area contributed by atoms with Crippen LogP contribution >= 0.6 is 15.9 Å². The number of nitrogens with zero attached hydrogens (tertiary/aromatic N) is 1. The molecule has 0 unspecified atom stereocenters. The second-order valence-electron chi connectivity index (χ2n) is 7.62. The van der Waals surface area contributed by atoms with E-state index in [0.717, 1.165) is 27.0 Å². The molecule has 0 aliphatic rings. The zero-order valence-electron chi connectivity index (χ0n) is 15.4. The van der Waals surface area contributed by atoms with E-state index in [1.807, 2.05) is 12.3 Å². The summed E-state index contributed by atoms with van der Waals surface area (Å²) < 4.78 is 7.32. The predicted molar refractivity (Wildman–Crippen MR) is 110 cm³/mol. The van der Waals surface area contributed by atoms with Gasteiger partial charge in [-0.05, 0) is 76.4 Å². The molecule has 2 rings (SSSR count). The number of aromatic nitrogens is 1. The maximum absolute atomic E-state index is 6.31. The lowest BCUT2D eigenvalue weighted by Crippen LogP contribution is -2.43. The molecule has 0 aliphatic heterocycles. The van der Waals surface area contributed by atoms with Gasteiger partial charge < -0.3 is 4.43 Å². The molecule has 0 amide bonds. The zero-order valence-corrected chi connectivity index (χ0v) is 17.9. The maximum atomic E-state index is 6.31. The summed E-state index contributed by atoms with van der Waals surface area (Å²) in [6, 6.07) is 10.4. The quantitative estimate of drug-likeness (QED) is 0.529. The highest BCUT2D eigenvalue weighted by molar-refractivity contribution is 9.10. The SMILES string of the molecule is Cc1cc(Br)cnc1/C=C/c1ccc(O[Si](C)(C)C(C)(C)C)cc1. The fourth-order valence-corrected chi connectivity index (χ4v) is 3.47. The summed E-state index contributed by atoms with van der Waals surface area (Å²) in [5.41, 5.74) is 3.28. The van der Waals surface area contributed by atoms with Crippen molar-refractivity contribution in [2.45, 2.75) is 45.8 Å². The third kappa shape index (κ3) is 4.80. The molecule has 128 valence electrons. The van der Waals surface area contributed by atoms with Gasteiger partial charge in [0.05, 0.1) is 5.69 Å². The average Bonchev–Trinajstić information content (AvgIpc) is 2.46. The molecule has 1 aromatic heterocycles. The molecule has 1 heterocycles. The molecule has 2 nitrogen and oxygen atoms in total. The Labute approximate surface area is 155 Å². The topological polar surface area (TPSA) is 22.1 Å². The van der Waals surface area contributed by atoms with Crippen molar-refractivity contribution in [2.24, 2.45) is 0 Å². The molecule has 1 aromatic carbocycles. The molecular formula is C20H26BrNOSi. The van der Waals surface area contributed by atoms with E-state index in [4.69, 9.17) is 4.43 Å². The summed E-state index contributed by atoms with van der Waals surface area (Å²) in [5, 5.41) is 0.205. The fraction of sp³-hybridized carbons (Fsp3) is 0.350. The van der Waals surface area contributed by atoms with Crippen molar-refractivity contribution in [3.8, 4) is 5.75 Å². The van der Waals surface area contributed by atoms with Gasteiger partial charge in [-0.2, -0.15) is 0 Å². The Morgan fingerprint density at radius 1 is 1.08 bits per heavy atom. The first-order chi connectivity index (χ1) is 11.1. The molecule has 0 atom stereocenters. The monoisotopic (exact) mass is 403 g/mol. The van der Waals surface area contributed by atoms with Crippen molar-refractivity contribution in [2.75, 3.05) is 0 Å². The summed E-state index contributed by atoms with van der Waals surface area (Å²) in [6.07, 6.45) is 5.95. The largest absolute Gasteiger partial charge is 0.544 e. The zero-order chi connectivity index (χ0) is 18.0. The lowest BCUT2D eigenvalue weighted by molar-refractivity contribution is 0.492. The van der Waals surface area contributed by atoms with Crippen LogP contribution in [0.1, 0.15) is 37.6 Å². The predicted octanol–water partition coefficient (Wildman–Crippen LogP) is 6.71. The molecule has 0 bridgehead atoms. The van der Waals surface area contributed by atoms with Crippen LogP contribution in [0.15, 0.2) is 41.0 Å². The van der Waals surface area contributed by atoms with Crippen LogP contribution < -0.4 is 4.43 Å². The number of hydrogen-bond acceptors (Lipinski definition) is 2. The Hall–Kier alpha value is -1.39. The minimum absolute atomic E-state index is 0.205. The van der Waals surface area contributed by atoms with Crippen molar-refractivity contribution in [3.63, 3.8) is 0 Å². The number of pyridine rings is 1. The average molecular weight is 404 g/mol. The van der Waals surface area contributed by atoms with Gasteiger partial charge in [0.25, 0.3) is 0 Å². The number of hydrogen-bond donors (Lipinski definition) is 0. The number of halogens is 1. The molecular weight excluding hydrogens is 378 g/mol. The summed E-state index contributed by atoms with van der Waals surface area (Å²) in [6.45, 7) is 13.4. The lowest BCUT2D eigenvalue weighted by atomic mass is 10.1. The highest BCUT2D eigenvalue weighted by Gasteiger charge is 2.38. The molecule has 0 N–H and O–H groups in total. The summed E-state index contributed by atoms with van der Waals surface area (Å²) in [7, 11) is -1.78. The van der Waals surface area contributed by atoms with Gasteiger partial charge in [-0.1, -0.05) is 39.0 Å². The fourth-order valence-electron chi connectivity index (χ4n) is 2.00. The maximum Gasteiger partial charge on any atom is 0.250 e. The Bertz CT molecular complexity index is 730. The second-order valence-corrected chi connectivity index (χ2v) is 13.3. The van der Waals surface area contributed by atoms with Gasteiger partial charge in [-0.3, -0.25) is 4.98 Å². The first-order valence-corrected chi connectivity index (χ1v) is 11.9. The number of benzene rings is 1. The number of rotatable bonds is 4. The molecule has 24 heavy (non-hydrogen) atoms. The normalized spacial score (nSPS) is 12.6. The molecule has 2 aromatic rings. The van der Waals surface area contributed by atoms with Gasteiger partial charge in [0, 0.05) is 10.7 Å². The van der Waals surface area contributed by atoms with Crippen LogP contribution in [0, 0.1) is 6.92 Å². The van der Waals surface area contributed by atoms with Crippen molar-refractivity contribution in [3.05, 3.63) is 57.8 Å². The van der Waals surface area contributed by atoms with Crippen LogP contribution in [-0.4, -0.2) is 13.3 Å². The minimum Gasteiger partial charge on any atom is -0.544 e. The Kier molecular flexibility index (Phi) is 5.71. The molecule has 0 radical (unpaired) electrons. The van der Waals surface area contributed by atoms with Crippen LogP contribution in [-0.2, 0) is 0 Å². The van der Waals surface area contributed by atoms with Crippen molar-refractivity contribution < 1.29 is 4.43 Å². The van der Waals surface area contributed by atoms with E-state index < -0.39 is 8.32 Å². The second kappa shape index (κ2) is 7.24. The van der Waals surface area contributed by atoms with Gasteiger partial charge >= 0.3 is 0 Å². The third-order valence-electron chi connectivity index (χ3n) is 4.58. The summed E-state index contributed by atoms with van der Waals surface area (Å²) in [4.78, 5) is 4.43. The van der Waals surface area contributed by atoms with Gasteiger partial charge in [0.1, 0.15) is 5.75 Å². The van der Waals surface area contributed by atoms with Crippen molar-refractivity contribution in [1.82, 2.24) is 4.98 Å². The van der Waals surface area contributed by atoms with Crippen LogP contribution in [0.25, 0.3) is 12.2 Å². The van der Waals surface area contributed by atoms with E-state index in [9.17, 15) is 0 Å². The van der Waals surface area contributed by atoms with E-state index in [-0.39, 0.29) is 5.04 Å². The van der Waals surface area contributed by atoms with E-state index in [2.05, 4.69) is 98.1 Å². The van der Waals surface area contributed by atoms with E-state index in [1.54, 1.807) is 0 Å². The van der Waals surface area contributed by atoms with Crippen LogP contribution in [0.2, 0.25) is 18.1 Å². The van der Waals surface area contributed by atoms with Gasteiger partial charge in [-0.25, -0.2) is 0 Å². The van der Waals surface area contributed by atoms with Crippen molar-refractivity contribution in [1.29, 1.82) is 0 Å².